The van der Waals surface area contributed by atoms with Crippen LogP contribution in [0.1, 0.15) is 161 Å². The number of primary amides is 1. The molecule has 0 fully saturated rings. The van der Waals surface area contributed by atoms with Gasteiger partial charge in [-0.25, -0.2) is 15.0 Å². The predicted octanol–water partition coefficient (Wildman–Crippen LogP) is 0.811. The summed E-state index contributed by atoms with van der Waals surface area (Å²) in [5.41, 5.74) is 7.50. The Hall–Kier alpha value is -5.54. The van der Waals surface area contributed by atoms with Gasteiger partial charge >= 0.3 is 17.9 Å². The number of amides is 7. The normalized spacial score (nSPS) is 12.2. The van der Waals surface area contributed by atoms with E-state index in [-0.39, 0.29) is 147 Å². The predicted molar refractivity (Wildman–Crippen MR) is 278 cm³/mol. The van der Waals surface area contributed by atoms with Crippen LogP contribution in [-0.2, 0) is 66.9 Å². The first-order valence-corrected chi connectivity index (χ1v) is 26.9. The Bertz CT molecular complexity index is 1660. The number of hydrazine groups is 1. The molecular weight excluding hydrogens is 999 g/mol. The number of hydrogen-bond donors (Lipinski definition) is 12. The fraction of sp³-hybridized carbons (Fsp3) is 0.800. The SMILES string of the molecule is NN[C@@H](CCCCNC(=O)CC[C@H](NC(=O)CCCNC(=O)COCCOCCNC(=O)COCCOCCNC(=O)CC[C@H](NC(=O)CCCCCCCCCCCCCCCCC(=O)O)C(=O)O)C(=O)O)C(N)=O. The van der Waals surface area contributed by atoms with Crippen LogP contribution in [0.4, 0.5) is 0 Å². The second-order valence-corrected chi connectivity index (χ2v) is 18.3. The molecular formula is C50H91N9O17. The third-order valence-corrected chi connectivity index (χ3v) is 11.7. The van der Waals surface area contributed by atoms with Crippen LogP contribution >= 0.6 is 0 Å². The highest BCUT2D eigenvalue weighted by Gasteiger charge is 2.22. The molecule has 0 aromatic heterocycles. The number of aliphatic carboxylic acids is 3. The monoisotopic (exact) mass is 1090 g/mol. The maximum absolute atomic E-state index is 12.4. The molecule has 0 heterocycles. The summed E-state index contributed by atoms with van der Waals surface area (Å²) in [6.45, 7) is 1.26. The van der Waals surface area contributed by atoms with Crippen molar-refractivity contribution >= 4 is 59.3 Å². The molecule has 7 amide bonds. The zero-order chi connectivity index (χ0) is 56.4. The topological polar surface area (TPSA) is 405 Å². The first-order chi connectivity index (χ1) is 36.5. The van der Waals surface area contributed by atoms with E-state index in [2.05, 4.69) is 37.3 Å². The lowest BCUT2D eigenvalue weighted by atomic mass is 10.0. The number of nitrogens with two attached hydrogens (primary N) is 2. The van der Waals surface area contributed by atoms with Crippen molar-refractivity contribution in [3.63, 3.8) is 0 Å². The zero-order valence-electron chi connectivity index (χ0n) is 44.6. The highest BCUT2D eigenvalue weighted by Crippen LogP contribution is 2.14. The van der Waals surface area contributed by atoms with Crippen LogP contribution < -0.4 is 48.9 Å². The van der Waals surface area contributed by atoms with Crippen molar-refractivity contribution in [2.75, 3.05) is 79.0 Å². The molecule has 0 aromatic carbocycles. The van der Waals surface area contributed by atoms with Gasteiger partial charge in [0.25, 0.3) is 0 Å². The number of carbonyl (C=O) groups is 10. The van der Waals surface area contributed by atoms with Gasteiger partial charge in [0.2, 0.25) is 41.4 Å². The molecule has 0 unspecified atom stereocenters. The summed E-state index contributed by atoms with van der Waals surface area (Å²) in [5.74, 6) is -1.01. The summed E-state index contributed by atoms with van der Waals surface area (Å²) in [5, 5.41) is 43.1. The molecule has 3 atom stereocenters. The van der Waals surface area contributed by atoms with Crippen LogP contribution in [0, 0.1) is 0 Å². The standard InChI is InChI=1S/C50H91N9O17/c51-48(68)38(59-52)18-15-16-26-53-41(60)24-22-40(50(71)72)58-44(63)20-17-27-54-45(64)36-75-34-33-74-31-29-56-46(65)37-76-35-32-73-30-28-55-42(61)25-23-39(49(69)70)57-43(62)19-13-11-9-7-5-3-1-2-4-6-8-10-12-14-21-47(66)67/h38-40,59H,1-37,52H2,(H2,51,68)(H,53,60)(H,54,64)(H,55,61)(H,56,65)(H,57,62)(H,58,63)(H,66,67)(H,69,70)(H,71,72)/t38-,39-,40-/m0/s1. The van der Waals surface area contributed by atoms with Crippen molar-refractivity contribution in [2.24, 2.45) is 11.6 Å². The Morgan fingerprint density at radius 1 is 0.355 bits per heavy atom. The molecule has 0 aliphatic rings. The number of nitrogens with one attached hydrogen (secondary N) is 7. The molecule has 0 radical (unpaired) electrons. The van der Waals surface area contributed by atoms with Gasteiger partial charge < -0.3 is 71.9 Å². The first-order valence-electron chi connectivity index (χ1n) is 26.9. The summed E-state index contributed by atoms with van der Waals surface area (Å²) in [6.07, 6.45) is 16.6. The van der Waals surface area contributed by atoms with Crippen molar-refractivity contribution in [2.45, 2.75) is 179 Å². The second kappa shape index (κ2) is 49.1. The van der Waals surface area contributed by atoms with Crippen molar-refractivity contribution in [1.29, 1.82) is 0 Å². The summed E-state index contributed by atoms with van der Waals surface area (Å²) in [6, 6.07) is -3.10. The van der Waals surface area contributed by atoms with E-state index in [1.54, 1.807) is 0 Å². The molecule has 14 N–H and O–H groups in total. The van der Waals surface area contributed by atoms with Crippen molar-refractivity contribution < 1.29 is 82.2 Å². The van der Waals surface area contributed by atoms with Crippen molar-refractivity contribution in [3.8, 4) is 0 Å². The molecule has 0 aromatic rings. The average Bonchev–Trinajstić information content (AvgIpc) is 3.37. The molecule has 0 aliphatic heterocycles. The largest absolute Gasteiger partial charge is 0.481 e. The van der Waals surface area contributed by atoms with Crippen LogP contribution in [0.2, 0.25) is 0 Å². The lowest BCUT2D eigenvalue weighted by Crippen LogP contribution is -2.45. The molecule has 438 valence electrons. The number of rotatable bonds is 54. The van der Waals surface area contributed by atoms with Gasteiger partial charge in [0.1, 0.15) is 25.3 Å². The molecule has 0 aliphatic carbocycles. The zero-order valence-corrected chi connectivity index (χ0v) is 44.6. The third-order valence-electron chi connectivity index (χ3n) is 11.7. The van der Waals surface area contributed by atoms with Gasteiger partial charge in [0.15, 0.2) is 0 Å². The number of hydrogen-bond acceptors (Lipinski definition) is 16. The fourth-order valence-electron chi connectivity index (χ4n) is 7.34. The van der Waals surface area contributed by atoms with E-state index in [0.29, 0.717) is 32.2 Å². The quantitative estimate of drug-likeness (QED) is 0.0228. The van der Waals surface area contributed by atoms with Gasteiger partial charge in [-0.05, 0) is 51.4 Å². The van der Waals surface area contributed by atoms with Gasteiger partial charge in [-0.15, -0.1) is 0 Å². The van der Waals surface area contributed by atoms with E-state index >= 15 is 0 Å². The molecule has 0 saturated carbocycles. The Balaban J connectivity index is 3.78. The molecule has 26 heteroatoms. The summed E-state index contributed by atoms with van der Waals surface area (Å²) in [4.78, 5) is 118. The number of carboxylic acid groups (broad SMARTS) is 3. The summed E-state index contributed by atoms with van der Waals surface area (Å²) >= 11 is 0. The van der Waals surface area contributed by atoms with E-state index < -0.39 is 53.8 Å². The lowest BCUT2D eigenvalue weighted by molar-refractivity contribution is -0.142. The van der Waals surface area contributed by atoms with E-state index in [9.17, 15) is 58.2 Å². The second-order valence-electron chi connectivity index (χ2n) is 18.3. The fourth-order valence-corrected chi connectivity index (χ4v) is 7.34. The van der Waals surface area contributed by atoms with Gasteiger partial charge in [0.05, 0.1) is 45.7 Å². The first kappa shape index (κ1) is 70.5. The van der Waals surface area contributed by atoms with E-state index in [0.717, 1.165) is 51.4 Å². The molecule has 0 spiro atoms. The average molecular weight is 1090 g/mol. The smallest absolute Gasteiger partial charge is 0.326 e. The summed E-state index contributed by atoms with van der Waals surface area (Å²) < 4.78 is 21.3. The summed E-state index contributed by atoms with van der Waals surface area (Å²) in [7, 11) is 0. The third kappa shape index (κ3) is 45.8. The van der Waals surface area contributed by atoms with Gasteiger partial charge in [-0.3, -0.25) is 44.2 Å². The number of carbonyl (C=O) groups excluding carboxylic acids is 7. The maximum atomic E-state index is 12.4. The van der Waals surface area contributed by atoms with Crippen LogP contribution in [0.15, 0.2) is 0 Å². The van der Waals surface area contributed by atoms with Crippen molar-refractivity contribution in [1.82, 2.24) is 37.3 Å². The van der Waals surface area contributed by atoms with Crippen LogP contribution in [0.3, 0.4) is 0 Å². The Morgan fingerprint density at radius 2 is 0.724 bits per heavy atom. The van der Waals surface area contributed by atoms with Crippen LogP contribution in [0.25, 0.3) is 0 Å². The van der Waals surface area contributed by atoms with Gasteiger partial charge in [-0.1, -0.05) is 77.0 Å². The molecule has 0 saturated heterocycles. The highest BCUT2D eigenvalue weighted by atomic mass is 16.5. The van der Waals surface area contributed by atoms with Gasteiger partial charge in [-0.2, -0.15) is 0 Å². The molecule has 0 rings (SSSR count). The molecule has 76 heavy (non-hydrogen) atoms. The minimum atomic E-state index is -1.29. The van der Waals surface area contributed by atoms with E-state index in [4.69, 9.17) is 35.6 Å². The Kier molecular flexibility index (Phi) is 45.5. The minimum absolute atomic E-state index is 0.0512. The maximum Gasteiger partial charge on any atom is 0.326 e. The molecule has 0 bridgehead atoms. The van der Waals surface area contributed by atoms with Gasteiger partial charge in [0, 0.05) is 58.3 Å². The highest BCUT2D eigenvalue weighted by molar-refractivity contribution is 5.85. The van der Waals surface area contributed by atoms with Crippen molar-refractivity contribution in [3.05, 3.63) is 0 Å². The molecule has 26 nitrogen and oxygen atoms in total. The Morgan fingerprint density at radius 3 is 1.14 bits per heavy atom. The number of unbranched alkanes of at least 4 members (excludes halogenated alkanes) is 14. The minimum Gasteiger partial charge on any atom is -0.481 e. The number of carboxylic acids is 3. The van der Waals surface area contributed by atoms with E-state index in [1.807, 2.05) is 0 Å². The lowest BCUT2D eigenvalue weighted by Gasteiger charge is -2.15. The van der Waals surface area contributed by atoms with Crippen LogP contribution in [0.5, 0.6) is 0 Å². The van der Waals surface area contributed by atoms with E-state index in [1.165, 1.54) is 32.1 Å². The Labute approximate surface area is 447 Å². The number of ether oxygens (including phenoxy) is 4. The van der Waals surface area contributed by atoms with Crippen LogP contribution in [-0.4, -0.2) is 172 Å².